The third-order valence-corrected chi connectivity index (χ3v) is 4.93. The predicted molar refractivity (Wildman–Crippen MR) is 74.3 cm³/mol. The van der Waals surface area contributed by atoms with Crippen molar-refractivity contribution in [3.63, 3.8) is 0 Å². The van der Waals surface area contributed by atoms with Crippen LogP contribution in [0, 0.1) is 0 Å². The lowest BCUT2D eigenvalue weighted by atomic mass is 9.94. The van der Waals surface area contributed by atoms with Gasteiger partial charge in [0.15, 0.2) is 0 Å². The molecule has 0 aliphatic carbocycles. The molecular formula is C15H30N2. The van der Waals surface area contributed by atoms with Crippen molar-refractivity contribution in [1.29, 1.82) is 0 Å². The van der Waals surface area contributed by atoms with E-state index in [0.717, 1.165) is 24.2 Å². The van der Waals surface area contributed by atoms with E-state index in [0.29, 0.717) is 0 Å². The van der Waals surface area contributed by atoms with Crippen LogP contribution in [0.1, 0.15) is 65.2 Å². The highest BCUT2D eigenvalue weighted by atomic mass is 15.2. The van der Waals surface area contributed by atoms with E-state index in [-0.39, 0.29) is 0 Å². The second-order valence-electron chi connectivity index (χ2n) is 6.13. The number of nitrogens with zero attached hydrogens (tertiary/aromatic N) is 1. The van der Waals surface area contributed by atoms with Gasteiger partial charge in [-0.15, -0.1) is 0 Å². The first kappa shape index (κ1) is 13.4. The van der Waals surface area contributed by atoms with E-state index in [1.54, 1.807) is 0 Å². The topological polar surface area (TPSA) is 15.3 Å². The molecular weight excluding hydrogens is 208 g/mol. The predicted octanol–water partition coefficient (Wildman–Crippen LogP) is 3.17. The number of hydrogen-bond acceptors (Lipinski definition) is 2. The van der Waals surface area contributed by atoms with Crippen LogP contribution in [0.15, 0.2) is 0 Å². The normalized spacial score (nSPS) is 35.1. The molecule has 0 aromatic carbocycles. The van der Waals surface area contributed by atoms with Crippen molar-refractivity contribution in [3.05, 3.63) is 0 Å². The zero-order chi connectivity index (χ0) is 12.3. The Bertz CT molecular complexity index is 215. The van der Waals surface area contributed by atoms with Crippen LogP contribution in [0.2, 0.25) is 0 Å². The summed E-state index contributed by atoms with van der Waals surface area (Å²) in [5.74, 6) is 0. The van der Waals surface area contributed by atoms with Gasteiger partial charge in [-0.2, -0.15) is 0 Å². The highest BCUT2D eigenvalue weighted by molar-refractivity contribution is 4.98. The second-order valence-corrected chi connectivity index (χ2v) is 6.13. The minimum Gasteiger partial charge on any atom is -0.317 e. The quantitative estimate of drug-likeness (QED) is 0.715. The Morgan fingerprint density at radius 2 is 1.82 bits per heavy atom. The largest absolute Gasteiger partial charge is 0.317 e. The van der Waals surface area contributed by atoms with Gasteiger partial charge in [0, 0.05) is 24.2 Å². The molecule has 0 saturated carbocycles. The monoisotopic (exact) mass is 238 g/mol. The van der Waals surface area contributed by atoms with E-state index >= 15 is 0 Å². The van der Waals surface area contributed by atoms with E-state index in [1.165, 1.54) is 51.4 Å². The van der Waals surface area contributed by atoms with Gasteiger partial charge in [0.1, 0.15) is 0 Å². The van der Waals surface area contributed by atoms with Crippen molar-refractivity contribution in [1.82, 2.24) is 10.2 Å². The smallest absolute Gasteiger partial charge is 0.0116 e. The van der Waals surface area contributed by atoms with E-state index in [9.17, 15) is 0 Å². The van der Waals surface area contributed by atoms with Gasteiger partial charge in [0.25, 0.3) is 0 Å². The molecule has 1 N–H and O–H groups in total. The molecule has 2 aliphatic rings. The molecule has 2 saturated heterocycles. The maximum absolute atomic E-state index is 3.49. The molecule has 0 aromatic rings. The van der Waals surface area contributed by atoms with E-state index < -0.39 is 0 Å². The Hall–Kier alpha value is -0.0800. The number of nitrogens with one attached hydrogen (secondary N) is 1. The van der Waals surface area contributed by atoms with Gasteiger partial charge in [0.2, 0.25) is 0 Å². The molecule has 17 heavy (non-hydrogen) atoms. The lowest BCUT2D eigenvalue weighted by molar-refractivity contribution is 0.0739. The molecule has 2 bridgehead atoms. The number of rotatable bonds is 6. The molecule has 100 valence electrons. The summed E-state index contributed by atoms with van der Waals surface area (Å²) >= 11 is 0. The molecule has 2 fully saturated rings. The zero-order valence-corrected chi connectivity index (χ0v) is 11.9. The summed E-state index contributed by atoms with van der Waals surface area (Å²) in [5, 5.41) is 3.49. The van der Waals surface area contributed by atoms with Crippen molar-refractivity contribution in [2.75, 3.05) is 7.05 Å². The van der Waals surface area contributed by atoms with Crippen LogP contribution in [0.3, 0.4) is 0 Å². The van der Waals surface area contributed by atoms with E-state index in [2.05, 4.69) is 31.1 Å². The Labute approximate surface area is 107 Å². The highest BCUT2D eigenvalue weighted by Gasteiger charge is 2.41. The van der Waals surface area contributed by atoms with Crippen LogP contribution < -0.4 is 5.32 Å². The molecule has 0 radical (unpaired) electrons. The third-order valence-electron chi connectivity index (χ3n) is 4.93. The summed E-state index contributed by atoms with van der Waals surface area (Å²) in [5.41, 5.74) is 0. The molecule has 0 aromatic heterocycles. The summed E-state index contributed by atoms with van der Waals surface area (Å²) in [6.45, 7) is 4.76. The third kappa shape index (κ3) is 3.03. The SMILES string of the molecule is CCCCCC(C)N1C2CCC1CC(NC)C2. The molecule has 0 amide bonds. The maximum atomic E-state index is 3.49. The molecule has 2 rings (SSSR count). The Balaban J connectivity index is 1.85. The molecule has 2 aliphatic heterocycles. The summed E-state index contributed by atoms with van der Waals surface area (Å²) in [6, 6.07) is 3.36. The van der Waals surface area contributed by atoms with Crippen molar-refractivity contribution in [2.45, 2.75) is 89.4 Å². The standard InChI is InChI=1S/C15H30N2/c1-4-5-6-7-12(2)17-14-8-9-15(17)11-13(10-14)16-3/h12-16H,4-11H2,1-3H3. The van der Waals surface area contributed by atoms with Gasteiger partial charge in [0.05, 0.1) is 0 Å². The van der Waals surface area contributed by atoms with Crippen LogP contribution in [-0.2, 0) is 0 Å². The molecule has 3 unspecified atom stereocenters. The zero-order valence-electron chi connectivity index (χ0n) is 11.9. The highest BCUT2D eigenvalue weighted by Crippen LogP contribution is 2.38. The molecule has 2 nitrogen and oxygen atoms in total. The van der Waals surface area contributed by atoms with Gasteiger partial charge < -0.3 is 5.32 Å². The first-order valence-electron chi connectivity index (χ1n) is 7.71. The number of piperidine rings is 1. The van der Waals surface area contributed by atoms with Crippen LogP contribution in [0.25, 0.3) is 0 Å². The second kappa shape index (κ2) is 6.19. The van der Waals surface area contributed by atoms with Crippen LogP contribution >= 0.6 is 0 Å². The maximum Gasteiger partial charge on any atom is 0.0116 e. The minimum atomic E-state index is 0.784. The van der Waals surface area contributed by atoms with Gasteiger partial charge in [-0.05, 0) is 46.1 Å². The van der Waals surface area contributed by atoms with E-state index in [1.807, 2.05) is 0 Å². The summed E-state index contributed by atoms with van der Waals surface area (Å²) < 4.78 is 0. The lowest BCUT2D eigenvalue weighted by Crippen LogP contribution is -2.51. The first-order chi connectivity index (χ1) is 8.26. The molecule has 2 heterocycles. The average Bonchev–Trinajstić information content (AvgIpc) is 2.60. The average molecular weight is 238 g/mol. The van der Waals surface area contributed by atoms with Gasteiger partial charge >= 0.3 is 0 Å². The fourth-order valence-electron chi connectivity index (χ4n) is 4.01. The number of fused-ring (bicyclic) bond motifs is 2. The van der Waals surface area contributed by atoms with Gasteiger partial charge in [-0.25, -0.2) is 0 Å². The Morgan fingerprint density at radius 1 is 1.18 bits per heavy atom. The van der Waals surface area contributed by atoms with E-state index in [4.69, 9.17) is 0 Å². The fraction of sp³-hybridized carbons (Fsp3) is 1.00. The summed E-state index contributed by atoms with van der Waals surface area (Å²) in [7, 11) is 2.13. The summed E-state index contributed by atoms with van der Waals surface area (Å²) in [4.78, 5) is 2.86. The molecule has 0 spiro atoms. The fourth-order valence-corrected chi connectivity index (χ4v) is 4.01. The van der Waals surface area contributed by atoms with Crippen molar-refractivity contribution in [2.24, 2.45) is 0 Å². The number of hydrogen-bond donors (Lipinski definition) is 1. The van der Waals surface area contributed by atoms with Crippen molar-refractivity contribution in [3.8, 4) is 0 Å². The lowest BCUT2D eigenvalue weighted by Gasteiger charge is -2.42. The van der Waals surface area contributed by atoms with Crippen LogP contribution in [0.4, 0.5) is 0 Å². The first-order valence-corrected chi connectivity index (χ1v) is 7.71. The number of unbranched alkanes of at least 4 members (excludes halogenated alkanes) is 2. The van der Waals surface area contributed by atoms with Gasteiger partial charge in [-0.3, -0.25) is 4.90 Å². The Kier molecular flexibility index (Phi) is 4.87. The van der Waals surface area contributed by atoms with Crippen molar-refractivity contribution < 1.29 is 0 Å². The van der Waals surface area contributed by atoms with Crippen LogP contribution in [-0.4, -0.2) is 36.1 Å². The van der Waals surface area contributed by atoms with Crippen LogP contribution in [0.5, 0.6) is 0 Å². The molecule has 2 heteroatoms. The minimum absolute atomic E-state index is 0.784. The van der Waals surface area contributed by atoms with Crippen molar-refractivity contribution >= 4 is 0 Å². The summed E-state index contributed by atoms with van der Waals surface area (Å²) in [6.07, 6.45) is 11.2. The molecule has 3 atom stereocenters. The Morgan fingerprint density at radius 3 is 2.35 bits per heavy atom. The van der Waals surface area contributed by atoms with Gasteiger partial charge in [-0.1, -0.05) is 26.2 Å².